The van der Waals surface area contributed by atoms with Crippen LogP contribution in [-0.2, 0) is 13.1 Å². The van der Waals surface area contributed by atoms with Crippen LogP contribution in [0.5, 0.6) is 0 Å². The van der Waals surface area contributed by atoms with Gasteiger partial charge in [-0.3, -0.25) is 4.90 Å². The maximum Gasteiger partial charge on any atom is 0.317 e. The summed E-state index contributed by atoms with van der Waals surface area (Å²) < 4.78 is 12.9. The van der Waals surface area contributed by atoms with Crippen LogP contribution < -0.4 is 5.32 Å². The van der Waals surface area contributed by atoms with Gasteiger partial charge in [-0.25, -0.2) is 9.18 Å². The highest BCUT2D eigenvalue weighted by Gasteiger charge is 2.20. The van der Waals surface area contributed by atoms with Crippen LogP contribution in [0, 0.1) is 5.82 Å². The van der Waals surface area contributed by atoms with E-state index in [0.29, 0.717) is 6.54 Å². The second-order valence-corrected chi connectivity index (χ2v) is 6.03. The molecule has 0 atom stereocenters. The van der Waals surface area contributed by atoms with Gasteiger partial charge in [0.15, 0.2) is 0 Å². The van der Waals surface area contributed by atoms with E-state index in [0.717, 1.165) is 38.3 Å². The molecule has 2 aromatic rings. The number of halogens is 1. The van der Waals surface area contributed by atoms with Gasteiger partial charge in [-0.1, -0.05) is 42.5 Å². The van der Waals surface area contributed by atoms with E-state index in [2.05, 4.69) is 34.5 Å². The number of nitrogens with one attached hydrogen (secondary N) is 1. The average Bonchev–Trinajstić information content (AvgIpc) is 2.62. The molecule has 2 aromatic carbocycles. The van der Waals surface area contributed by atoms with Gasteiger partial charge in [0.05, 0.1) is 0 Å². The Morgan fingerprint density at radius 3 is 2.25 bits per heavy atom. The molecule has 0 saturated carbocycles. The first kappa shape index (κ1) is 16.5. The van der Waals surface area contributed by atoms with Crippen molar-refractivity contribution in [3.63, 3.8) is 0 Å². The lowest BCUT2D eigenvalue weighted by Gasteiger charge is -2.34. The third-order valence-corrected chi connectivity index (χ3v) is 4.27. The number of urea groups is 1. The Bertz CT molecular complexity index is 652. The van der Waals surface area contributed by atoms with Crippen LogP contribution in [0.1, 0.15) is 11.1 Å². The highest BCUT2D eigenvalue weighted by Crippen LogP contribution is 2.09. The number of nitrogens with zero attached hydrogens (tertiary/aromatic N) is 2. The van der Waals surface area contributed by atoms with Crippen molar-refractivity contribution >= 4 is 6.03 Å². The maximum absolute atomic E-state index is 12.9. The molecule has 1 N–H and O–H groups in total. The van der Waals surface area contributed by atoms with E-state index < -0.39 is 0 Å². The van der Waals surface area contributed by atoms with Crippen molar-refractivity contribution in [2.75, 3.05) is 26.2 Å². The van der Waals surface area contributed by atoms with Crippen LogP contribution in [-0.4, -0.2) is 42.0 Å². The number of hydrogen-bond acceptors (Lipinski definition) is 2. The number of carbonyl (C=O) groups is 1. The van der Waals surface area contributed by atoms with Crippen molar-refractivity contribution in [3.8, 4) is 0 Å². The van der Waals surface area contributed by atoms with E-state index in [4.69, 9.17) is 0 Å². The Kier molecular flexibility index (Phi) is 5.43. The maximum atomic E-state index is 12.9. The molecule has 3 rings (SSSR count). The van der Waals surface area contributed by atoms with E-state index in [1.807, 2.05) is 11.0 Å². The van der Waals surface area contributed by atoms with Gasteiger partial charge >= 0.3 is 6.03 Å². The molecule has 0 bridgehead atoms. The van der Waals surface area contributed by atoms with Gasteiger partial charge in [0.1, 0.15) is 5.82 Å². The van der Waals surface area contributed by atoms with Crippen molar-refractivity contribution in [2.45, 2.75) is 13.1 Å². The summed E-state index contributed by atoms with van der Waals surface area (Å²) in [6, 6.07) is 16.5. The summed E-state index contributed by atoms with van der Waals surface area (Å²) in [5.74, 6) is -0.264. The average molecular weight is 327 g/mol. The number of carbonyl (C=O) groups excluding carboxylic acids is 1. The summed E-state index contributed by atoms with van der Waals surface area (Å²) in [6.45, 7) is 4.54. The molecular weight excluding hydrogens is 305 g/mol. The zero-order chi connectivity index (χ0) is 16.8. The monoisotopic (exact) mass is 327 g/mol. The Labute approximate surface area is 141 Å². The topological polar surface area (TPSA) is 35.6 Å². The summed E-state index contributed by atoms with van der Waals surface area (Å²) in [5, 5.41) is 2.90. The Balaban J connectivity index is 1.42. The predicted octanol–water partition coefficient (Wildman–Crippen LogP) is 2.85. The first-order chi connectivity index (χ1) is 11.7. The van der Waals surface area contributed by atoms with E-state index >= 15 is 0 Å². The minimum absolute atomic E-state index is 0.0568. The van der Waals surface area contributed by atoms with Crippen LogP contribution in [0.2, 0.25) is 0 Å². The molecular formula is C19H22FN3O. The Hall–Kier alpha value is -2.40. The second-order valence-electron chi connectivity index (χ2n) is 6.03. The molecule has 1 aliphatic heterocycles. The Morgan fingerprint density at radius 2 is 1.58 bits per heavy atom. The van der Waals surface area contributed by atoms with Crippen molar-refractivity contribution in [1.82, 2.24) is 15.1 Å². The third-order valence-electron chi connectivity index (χ3n) is 4.27. The largest absolute Gasteiger partial charge is 0.334 e. The van der Waals surface area contributed by atoms with Gasteiger partial charge in [0.25, 0.3) is 0 Å². The molecule has 126 valence electrons. The summed E-state index contributed by atoms with van der Waals surface area (Å²) in [4.78, 5) is 16.4. The fraction of sp³-hybridized carbons (Fsp3) is 0.316. The van der Waals surface area contributed by atoms with Crippen molar-refractivity contribution in [3.05, 3.63) is 71.5 Å². The van der Waals surface area contributed by atoms with Gasteiger partial charge in [-0.05, 0) is 23.3 Å². The molecule has 2 amide bonds. The van der Waals surface area contributed by atoms with Gasteiger partial charge in [-0.2, -0.15) is 0 Å². The van der Waals surface area contributed by atoms with Crippen molar-refractivity contribution < 1.29 is 9.18 Å². The van der Waals surface area contributed by atoms with E-state index in [1.165, 1.54) is 17.7 Å². The molecule has 0 spiro atoms. The first-order valence-corrected chi connectivity index (χ1v) is 8.24. The van der Waals surface area contributed by atoms with E-state index in [9.17, 15) is 9.18 Å². The van der Waals surface area contributed by atoms with Gasteiger partial charge in [0, 0.05) is 39.3 Å². The molecule has 1 fully saturated rings. The highest BCUT2D eigenvalue weighted by atomic mass is 19.1. The van der Waals surface area contributed by atoms with Crippen LogP contribution in [0.3, 0.4) is 0 Å². The lowest BCUT2D eigenvalue weighted by Crippen LogP contribution is -2.51. The molecule has 1 heterocycles. The smallest absolute Gasteiger partial charge is 0.317 e. The number of amides is 2. The fourth-order valence-electron chi connectivity index (χ4n) is 2.84. The lowest BCUT2D eigenvalue weighted by molar-refractivity contribution is 0.135. The van der Waals surface area contributed by atoms with E-state index in [-0.39, 0.29) is 11.8 Å². The van der Waals surface area contributed by atoms with Gasteiger partial charge < -0.3 is 10.2 Å². The lowest BCUT2D eigenvalue weighted by atomic mass is 10.2. The quantitative estimate of drug-likeness (QED) is 0.937. The predicted molar refractivity (Wildman–Crippen MR) is 91.9 cm³/mol. The zero-order valence-electron chi connectivity index (χ0n) is 13.6. The Morgan fingerprint density at radius 1 is 0.917 bits per heavy atom. The molecule has 0 unspecified atom stereocenters. The molecule has 1 saturated heterocycles. The zero-order valence-corrected chi connectivity index (χ0v) is 13.6. The van der Waals surface area contributed by atoms with Gasteiger partial charge in [0.2, 0.25) is 0 Å². The van der Waals surface area contributed by atoms with Crippen LogP contribution in [0.4, 0.5) is 9.18 Å². The molecule has 4 nitrogen and oxygen atoms in total. The summed E-state index contributed by atoms with van der Waals surface area (Å²) in [6.07, 6.45) is 0. The molecule has 0 radical (unpaired) electrons. The van der Waals surface area contributed by atoms with Crippen LogP contribution >= 0.6 is 0 Å². The van der Waals surface area contributed by atoms with Gasteiger partial charge in [-0.15, -0.1) is 0 Å². The minimum Gasteiger partial charge on any atom is -0.334 e. The van der Waals surface area contributed by atoms with Crippen LogP contribution in [0.25, 0.3) is 0 Å². The fourth-order valence-corrected chi connectivity index (χ4v) is 2.84. The van der Waals surface area contributed by atoms with Crippen molar-refractivity contribution in [2.24, 2.45) is 0 Å². The standard InChI is InChI=1S/C19H22FN3O/c20-18-8-6-16(7-9-18)14-21-19(24)23-12-10-22(11-13-23)15-17-4-2-1-3-5-17/h1-9H,10-15H2,(H,21,24). The third kappa shape index (κ3) is 4.55. The number of rotatable bonds is 4. The number of benzene rings is 2. The highest BCUT2D eigenvalue weighted by molar-refractivity contribution is 5.74. The number of piperazine rings is 1. The summed E-state index contributed by atoms with van der Waals surface area (Å²) in [7, 11) is 0. The van der Waals surface area contributed by atoms with E-state index in [1.54, 1.807) is 12.1 Å². The summed E-state index contributed by atoms with van der Waals surface area (Å²) in [5.41, 5.74) is 2.19. The SMILES string of the molecule is O=C(NCc1ccc(F)cc1)N1CCN(Cc2ccccc2)CC1. The van der Waals surface area contributed by atoms with Crippen LogP contribution in [0.15, 0.2) is 54.6 Å². The molecule has 5 heteroatoms. The molecule has 1 aliphatic rings. The minimum atomic E-state index is -0.264. The first-order valence-electron chi connectivity index (χ1n) is 8.24. The summed E-state index contributed by atoms with van der Waals surface area (Å²) >= 11 is 0. The molecule has 0 aliphatic carbocycles. The molecule has 24 heavy (non-hydrogen) atoms. The number of hydrogen-bond donors (Lipinski definition) is 1. The second kappa shape index (κ2) is 7.93. The normalized spacial score (nSPS) is 15.3. The van der Waals surface area contributed by atoms with Crippen molar-refractivity contribution in [1.29, 1.82) is 0 Å². The molecule has 0 aromatic heterocycles.